The van der Waals surface area contributed by atoms with E-state index in [0.717, 1.165) is 10.0 Å². The molecule has 0 saturated carbocycles. The molecule has 4 rings (SSSR count). The lowest BCUT2D eigenvalue weighted by atomic mass is 10.1. The number of anilines is 1. The Morgan fingerprint density at radius 1 is 1.03 bits per heavy atom. The van der Waals surface area contributed by atoms with E-state index in [2.05, 4.69) is 26.3 Å². The van der Waals surface area contributed by atoms with Crippen molar-refractivity contribution in [2.75, 3.05) is 11.9 Å². The van der Waals surface area contributed by atoms with Crippen LogP contribution in [0.25, 0.3) is 0 Å². The van der Waals surface area contributed by atoms with Gasteiger partial charge in [0, 0.05) is 35.5 Å². The van der Waals surface area contributed by atoms with Crippen LogP contribution >= 0.6 is 15.9 Å². The molecule has 1 N–H and O–H groups in total. The Morgan fingerprint density at radius 2 is 1.80 bits per heavy atom. The number of benzene rings is 2. The summed E-state index contributed by atoms with van der Waals surface area (Å²) in [6, 6.07) is 14.5. The van der Waals surface area contributed by atoms with Gasteiger partial charge in [-0.15, -0.1) is 0 Å². The predicted octanol–water partition coefficient (Wildman–Crippen LogP) is 3.71. The molecular formula is C22H19BrN4O3. The maximum absolute atomic E-state index is 12.4. The molecule has 0 radical (unpaired) electrons. The zero-order chi connectivity index (χ0) is 21.1. The van der Waals surface area contributed by atoms with Gasteiger partial charge in [0.15, 0.2) is 0 Å². The van der Waals surface area contributed by atoms with E-state index in [1.54, 1.807) is 24.4 Å². The van der Waals surface area contributed by atoms with E-state index >= 15 is 0 Å². The first kappa shape index (κ1) is 20.0. The van der Waals surface area contributed by atoms with Crippen molar-refractivity contribution in [3.8, 4) is 0 Å². The summed E-state index contributed by atoms with van der Waals surface area (Å²) in [6.07, 6.45) is 4.24. The molecule has 3 aromatic rings. The van der Waals surface area contributed by atoms with Gasteiger partial charge < -0.3 is 5.32 Å². The van der Waals surface area contributed by atoms with Gasteiger partial charge in [-0.1, -0.05) is 28.1 Å². The molecule has 1 aliphatic rings. The number of carbonyl (C=O) groups is 3. The van der Waals surface area contributed by atoms with Crippen molar-refractivity contribution in [3.63, 3.8) is 0 Å². The number of amides is 3. The van der Waals surface area contributed by atoms with E-state index in [-0.39, 0.29) is 30.7 Å². The van der Waals surface area contributed by atoms with E-state index in [4.69, 9.17) is 0 Å². The number of nitrogens with zero attached hydrogens (tertiary/aromatic N) is 3. The smallest absolute Gasteiger partial charge is 0.261 e. The number of aromatic nitrogens is 2. The quantitative estimate of drug-likeness (QED) is 0.537. The molecule has 0 aliphatic carbocycles. The first-order chi connectivity index (χ1) is 14.5. The van der Waals surface area contributed by atoms with Crippen LogP contribution in [0, 0.1) is 0 Å². The van der Waals surface area contributed by atoms with Crippen LogP contribution in [0.2, 0.25) is 0 Å². The van der Waals surface area contributed by atoms with Crippen molar-refractivity contribution in [2.45, 2.75) is 19.4 Å². The third-order valence-electron chi connectivity index (χ3n) is 4.86. The van der Waals surface area contributed by atoms with E-state index in [0.29, 0.717) is 29.8 Å². The molecule has 1 aliphatic heterocycles. The molecule has 0 spiro atoms. The van der Waals surface area contributed by atoms with Crippen LogP contribution in [-0.2, 0) is 11.3 Å². The molecule has 0 fully saturated rings. The molecule has 3 amide bonds. The van der Waals surface area contributed by atoms with Gasteiger partial charge in [-0.25, -0.2) is 0 Å². The van der Waals surface area contributed by atoms with E-state index < -0.39 is 0 Å². The standard InChI is InChI=1S/C22H19BrN4O3/c23-16-6-9-18-19(13-16)22(30)27(21(18)29)12-1-3-20(28)25-17-7-4-15(5-8-17)14-26-11-2-10-24-26/h2,4-11,13H,1,3,12,14H2,(H,25,28). The lowest BCUT2D eigenvalue weighted by molar-refractivity contribution is -0.116. The van der Waals surface area contributed by atoms with Crippen LogP contribution in [0.15, 0.2) is 65.4 Å². The van der Waals surface area contributed by atoms with Gasteiger partial charge in [-0.3, -0.25) is 24.0 Å². The Morgan fingerprint density at radius 3 is 2.53 bits per heavy atom. The molecule has 2 aromatic carbocycles. The summed E-state index contributed by atoms with van der Waals surface area (Å²) in [7, 11) is 0. The molecule has 2 heterocycles. The second-order valence-corrected chi connectivity index (χ2v) is 7.92. The fourth-order valence-corrected chi connectivity index (χ4v) is 3.72. The van der Waals surface area contributed by atoms with Gasteiger partial charge in [-0.2, -0.15) is 5.10 Å². The Bertz CT molecular complexity index is 1090. The first-order valence-electron chi connectivity index (χ1n) is 9.53. The number of hydrogen-bond donors (Lipinski definition) is 1. The highest BCUT2D eigenvalue weighted by atomic mass is 79.9. The van der Waals surface area contributed by atoms with Crippen molar-refractivity contribution in [1.82, 2.24) is 14.7 Å². The van der Waals surface area contributed by atoms with E-state index in [1.807, 2.05) is 41.2 Å². The number of carbonyl (C=O) groups excluding carboxylic acids is 3. The number of nitrogens with one attached hydrogen (secondary N) is 1. The zero-order valence-electron chi connectivity index (χ0n) is 16.0. The van der Waals surface area contributed by atoms with Crippen LogP contribution in [0.5, 0.6) is 0 Å². The average Bonchev–Trinajstić information content (AvgIpc) is 3.32. The molecule has 1 aromatic heterocycles. The van der Waals surface area contributed by atoms with Crippen molar-refractivity contribution in [1.29, 1.82) is 0 Å². The van der Waals surface area contributed by atoms with E-state index in [9.17, 15) is 14.4 Å². The summed E-state index contributed by atoms with van der Waals surface area (Å²) in [6.45, 7) is 0.873. The minimum Gasteiger partial charge on any atom is -0.326 e. The molecular weight excluding hydrogens is 448 g/mol. The Labute approximate surface area is 181 Å². The summed E-state index contributed by atoms with van der Waals surface area (Å²) < 4.78 is 2.57. The summed E-state index contributed by atoms with van der Waals surface area (Å²) in [5, 5.41) is 7.01. The minimum absolute atomic E-state index is 0.158. The highest BCUT2D eigenvalue weighted by molar-refractivity contribution is 9.10. The number of fused-ring (bicyclic) bond motifs is 1. The van der Waals surface area contributed by atoms with Crippen LogP contribution in [0.1, 0.15) is 39.1 Å². The van der Waals surface area contributed by atoms with Gasteiger partial charge in [0.1, 0.15) is 0 Å². The maximum Gasteiger partial charge on any atom is 0.261 e. The molecule has 8 heteroatoms. The zero-order valence-corrected chi connectivity index (χ0v) is 17.6. The van der Waals surface area contributed by atoms with Crippen molar-refractivity contribution in [2.24, 2.45) is 0 Å². The first-order valence-corrected chi connectivity index (χ1v) is 10.3. The predicted molar refractivity (Wildman–Crippen MR) is 115 cm³/mol. The Balaban J connectivity index is 1.26. The molecule has 7 nitrogen and oxygen atoms in total. The summed E-state index contributed by atoms with van der Waals surface area (Å²) in [5.41, 5.74) is 2.58. The highest BCUT2D eigenvalue weighted by Crippen LogP contribution is 2.26. The van der Waals surface area contributed by atoms with Gasteiger partial charge in [-0.05, 0) is 48.4 Å². The van der Waals surface area contributed by atoms with Crippen LogP contribution in [-0.4, -0.2) is 38.9 Å². The number of rotatable bonds is 7. The average molecular weight is 467 g/mol. The normalized spacial score (nSPS) is 12.9. The molecule has 0 atom stereocenters. The fraction of sp³-hybridized carbons (Fsp3) is 0.182. The molecule has 0 bridgehead atoms. The topological polar surface area (TPSA) is 84.3 Å². The monoisotopic (exact) mass is 466 g/mol. The summed E-state index contributed by atoms with van der Waals surface area (Å²) in [4.78, 5) is 38.3. The van der Waals surface area contributed by atoms with Gasteiger partial charge >= 0.3 is 0 Å². The van der Waals surface area contributed by atoms with Gasteiger partial charge in [0.05, 0.1) is 17.7 Å². The van der Waals surface area contributed by atoms with Gasteiger partial charge in [0.25, 0.3) is 11.8 Å². The summed E-state index contributed by atoms with van der Waals surface area (Å²) >= 11 is 3.32. The fourth-order valence-electron chi connectivity index (χ4n) is 3.36. The van der Waals surface area contributed by atoms with E-state index in [1.165, 1.54) is 4.90 Å². The largest absolute Gasteiger partial charge is 0.326 e. The van der Waals surface area contributed by atoms with Crippen LogP contribution in [0.3, 0.4) is 0 Å². The van der Waals surface area contributed by atoms with Crippen molar-refractivity contribution >= 4 is 39.3 Å². The third kappa shape index (κ3) is 4.33. The number of hydrogen-bond acceptors (Lipinski definition) is 4. The van der Waals surface area contributed by atoms with Crippen molar-refractivity contribution < 1.29 is 14.4 Å². The Hall–Kier alpha value is -3.26. The molecule has 152 valence electrons. The number of imide groups is 1. The van der Waals surface area contributed by atoms with Crippen molar-refractivity contribution in [3.05, 3.63) is 82.1 Å². The SMILES string of the molecule is O=C(CCCN1C(=O)c2ccc(Br)cc2C1=O)Nc1ccc(Cn2cccn2)cc1. The minimum atomic E-state index is -0.315. The Kier molecular flexibility index (Phi) is 5.76. The van der Waals surface area contributed by atoms with Crippen LogP contribution in [0.4, 0.5) is 5.69 Å². The third-order valence-corrected chi connectivity index (χ3v) is 5.35. The molecule has 30 heavy (non-hydrogen) atoms. The molecule has 0 saturated heterocycles. The number of halogens is 1. The lowest BCUT2D eigenvalue weighted by Gasteiger charge is -2.13. The van der Waals surface area contributed by atoms with Crippen LogP contribution < -0.4 is 5.32 Å². The van der Waals surface area contributed by atoms with Gasteiger partial charge in [0.2, 0.25) is 5.91 Å². The lowest BCUT2D eigenvalue weighted by Crippen LogP contribution is -2.31. The summed E-state index contributed by atoms with van der Waals surface area (Å²) in [5.74, 6) is -0.783. The second kappa shape index (κ2) is 8.62. The maximum atomic E-state index is 12.4. The molecule has 0 unspecified atom stereocenters. The second-order valence-electron chi connectivity index (χ2n) is 7.00. The highest BCUT2D eigenvalue weighted by Gasteiger charge is 2.35.